The molecule has 0 saturated heterocycles. The lowest BCUT2D eigenvalue weighted by Gasteiger charge is -2.08. The van der Waals surface area contributed by atoms with Crippen LogP contribution < -0.4 is 10.1 Å². The molecule has 5 nitrogen and oxygen atoms in total. The summed E-state index contributed by atoms with van der Waals surface area (Å²) in [6.07, 6.45) is 0. The van der Waals surface area contributed by atoms with Crippen molar-refractivity contribution in [3.05, 3.63) is 41.1 Å². The molecule has 1 N–H and O–H groups in total. The van der Waals surface area contributed by atoms with Crippen molar-refractivity contribution in [2.45, 2.75) is 13.5 Å². The van der Waals surface area contributed by atoms with E-state index in [2.05, 4.69) is 16.5 Å². The van der Waals surface area contributed by atoms with Crippen LogP contribution in [-0.4, -0.2) is 16.9 Å². The van der Waals surface area contributed by atoms with Crippen LogP contribution in [0, 0.1) is 18.3 Å². The average Bonchev–Trinajstić information content (AvgIpc) is 2.70. The Labute approximate surface area is 112 Å². The predicted molar refractivity (Wildman–Crippen MR) is 73.0 cm³/mol. The number of ether oxygens (including phenoxy) is 1. The molecule has 1 heterocycles. The molecule has 0 radical (unpaired) electrons. The van der Waals surface area contributed by atoms with Crippen molar-refractivity contribution in [3.8, 4) is 11.9 Å². The van der Waals surface area contributed by atoms with E-state index < -0.39 is 0 Å². The van der Waals surface area contributed by atoms with Gasteiger partial charge in [0.2, 0.25) is 5.88 Å². The molecule has 5 heteroatoms. The smallest absolute Gasteiger partial charge is 0.216 e. The molecule has 0 amide bonds. The highest BCUT2D eigenvalue weighted by Gasteiger charge is 2.13. The third-order valence-electron chi connectivity index (χ3n) is 2.94. The van der Waals surface area contributed by atoms with Crippen LogP contribution in [0.2, 0.25) is 0 Å². The Hall–Kier alpha value is -2.48. The fourth-order valence-electron chi connectivity index (χ4n) is 2.03. The molecule has 1 aromatic heterocycles. The number of hydrogen-bond donors (Lipinski definition) is 1. The summed E-state index contributed by atoms with van der Waals surface area (Å²) >= 11 is 0. The molecule has 0 atom stereocenters. The molecule has 2 rings (SSSR count). The molecule has 0 aliphatic rings. The third kappa shape index (κ3) is 2.68. The number of benzene rings is 1. The Morgan fingerprint density at radius 1 is 1.47 bits per heavy atom. The van der Waals surface area contributed by atoms with Crippen molar-refractivity contribution in [1.29, 1.82) is 5.26 Å². The van der Waals surface area contributed by atoms with Gasteiger partial charge in [0.1, 0.15) is 0 Å². The molecule has 0 saturated carbocycles. The van der Waals surface area contributed by atoms with Gasteiger partial charge in [-0.1, -0.05) is 6.07 Å². The molecular formula is C14H16N4O. The van der Waals surface area contributed by atoms with Crippen molar-refractivity contribution < 1.29 is 4.74 Å². The van der Waals surface area contributed by atoms with Crippen molar-refractivity contribution >= 4 is 5.69 Å². The van der Waals surface area contributed by atoms with E-state index in [1.807, 2.05) is 32.2 Å². The van der Waals surface area contributed by atoms with E-state index in [1.54, 1.807) is 17.9 Å². The number of methoxy groups -OCH3 is 1. The summed E-state index contributed by atoms with van der Waals surface area (Å²) in [5.41, 5.74) is 3.50. The first-order valence-corrected chi connectivity index (χ1v) is 5.96. The molecule has 2 aromatic rings. The quantitative estimate of drug-likeness (QED) is 0.911. The van der Waals surface area contributed by atoms with Crippen LogP contribution in [0.15, 0.2) is 24.3 Å². The van der Waals surface area contributed by atoms with Crippen molar-refractivity contribution in [2.24, 2.45) is 7.05 Å². The zero-order valence-corrected chi connectivity index (χ0v) is 11.3. The largest absolute Gasteiger partial charge is 0.481 e. The lowest BCUT2D eigenvalue weighted by molar-refractivity contribution is 0.370. The summed E-state index contributed by atoms with van der Waals surface area (Å²) in [4.78, 5) is 0. The van der Waals surface area contributed by atoms with Crippen molar-refractivity contribution in [2.75, 3.05) is 12.4 Å². The Morgan fingerprint density at radius 2 is 2.26 bits per heavy atom. The van der Waals surface area contributed by atoms with Crippen LogP contribution in [0.5, 0.6) is 5.88 Å². The van der Waals surface area contributed by atoms with Crippen LogP contribution in [0.4, 0.5) is 5.69 Å². The van der Waals surface area contributed by atoms with Gasteiger partial charge in [-0.25, -0.2) is 4.68 Å². The van der Waals surface area contributed by atoms with Gasteiger partial charge < -0.3 is 10.1 Å². The summed E-state index contributed by atoms with van der Waals surface area (Å²) in [7, 11) is 3.49. The normalized spacial score (nSPS) is 10.0. The van der Waals surface area contributed by atoms with Gasteiger partial charge in [0.25, 0.3) is 0 Å². The molecule has 0 unspecified atom stereocenters. The second-order valence-corrected chi connectivity index (χ2v) is 4.24. The molecule has 0 aliphatic carbocycles. The van der Waals surface area contributed by atoms with Crippen molar-refractivity contribution in [3.63, 3.8) is 0 Å². The highest BCUT2D eigenvalue weighted by molar-refractivity contribution is 5.50. The molecule has 0 bridgehead atoms. The van der Waals surface area contributed by atoms with E-state index in [1.165, 1.54) is 0 Å². The molecule has 0 spiro atoms. The highest BCUT2D eigenvalue weighted by atomic mass is 16.5. The third-order valence-corrected chi connectivity index (χ3v) is 2.94. The summed E-state index contributed by atoms with van der Waals surface area (Å²) in [6, 6.07) is 9.50. The first-order valence-electron chi connectivity index (χ1n) is 5.96. The van der Waals surface area contributed by atoms with Gasteiger partial charge in [0, 0.05) is 19.3 Å². The van der Waals surface area contributed by atoms with Gasteiger partial charge in [-0.15, -0.1) is 0 Å². The maximum absolute atomic E-state index is 8.87. The Balaban J connectivity index is 2.17. The Morgan fingerprint density at radius 3 is 2.95 bits per heavy atom. The van der Waals surface area contributed by atoms with Gasteiger partial charge in [-0.2, -0.15) is 10.4 Å². The average molecular weight is 256 g/mol. The number of nitrogens with zero attached hydrogens (tertiary/aromatic N) is 3. The molecular weight excluding hydrogens is 240 g/mol. The summed E-state index contributed by atoms with van der Waals surface area (Å²) in [5.74, 6) is 0.751. The van der Waals surface area contributed by atoms with Crippen molar-refractivity contribution in [1.82, 2.24) is 9.78 Å². The standard InChI is InChI=1S/C14H16N4O/c1-10-13(14(19-3)18(2)17-10)9-16-12-6-4-5-11(7-12)8-15/h4-7,16H,9H2,1-3H3. The fourth-order valence-corrected chi connectivity index (χ4v) is 2.03. The van der Waals surface area contributed by atoms with Gasteiger partial charge in [-0.05, 0) is 25.1 Å². The minimum absolute atomic E-state index is 0.609. The summed E-state index contributed by atoms with van der Waals surface area (Å²) < 4.78 is 7.06. The summed E-state index contributed by atoms with van der Waals surface area (Å²) in [6.45, 7) is 2.56. The highest BCUT2D eigenvalue weighted by Crippen LogP contribution is 2.22. The first-order chi connectivity index (χ1) is 9.15. The molecule has 0 aliphatic heterocycles. The number of aromatic nitrogens is 2. The number of rotatable bonds is 4. The van der Waals surface area contributed by atoms with Gasteiger partial charge >= 0.3 is 0 Å². The van der Waals surface area contributed by atoms with Crippen LogP contribution in [0.1, 0.15) is 16.8 Å². The topological polar surface area (TPSA) is 62.9 Å². The number of aryl methyl sites for hydroxylation is 2. The molecule has 1 aromatic carbocycles. The van der Waals surface area contributed by atoms with E-state index in [-0.39, 0.29) is 0 Å². The van der Waals surface area contributed by atoms with E-state index in [9.17, 15) is 0 Å². The van der Waals surface area contributed by atoms with Crippen LogP contribution in [0.25, 0.3) is 0 Å². The van der Waals surface area contributed by atoms with Gasteiger partial charge in [0.05, 0.1) is 30.0 Å². The number of nitrogens with one attached hydrogen (secondary N) is 1. The fraction of sp³-hybridized carbons (Fsp3) is 0.286. The number of nitriles is 1. The van der Waals surface area contributed by atoms with Gasteiger partial charge in [-0.3, -0.25) is 0 Å². The van der Waals surface area contributed by atoms with E-state index >= 15 is 0 Å². The van der Waals surface area contributed by atoms with E-state index in [0.29, 0.717) is 12.1 Å². The maximum atomic E-state index is 8.87. The minimum Gasteiger partial charge on any atom is -0.481 e. The number of anilines is 1. The van der Waals surface area contributed by atoms with Gasteiger partial charge in [0.15, 0.2) is 0 Å². The minimum atomic E-state index is 0.609. The van der Waals surface area contributed by atoms with Crippen LogP contribution >= 0.6 is 0 Å². The zero-order chi connectivity index (χ0) is 13.8. The monoisotopic (exact) mass is 256 g/mol. The lowest BCUT2D eigenvalue weighted by Crippen LogP contribution is -2.03. The molecule has 19 heavy (non-hydrogen) atoms. The Kier molecular flexibility index (Phi) is 3.71. The van der Waals surface area contributed by atoms with Crippen LogP contribution in [0.3, 0.4) is 0 Å². The number of hydrogen-bond acceptors (Lipinski definition) is 4. The molecule has 0 fully saturated rings. The SMILES string of the molecule is COc1c(CNc2cccc(C#N)c2)c(C)nn1C. The first kappa shape index (κ1) is 13.0. The molecule has 98 valence electrons. The van der Waals surface area contributed by atoms with Crippen LogP contribution in [-0.2, 0) is 13.6 Å². The predicted octanol–water partition coefficient (Wildman–Crippen LogP) is 2.22. The van der Waals surface area contributed by atoms with E-state index in [0.717, 1.165) is 22.8 Å². The van der Waals surface area contributed by atoms with E-state index in [4.69, 9.17) is 10.00 Å². The second kappa shape index (κ2) is 5.44. The zero-order valence-electron chi connectivity index (χ0n) is 11.3. The Bertz CT molecular complexity index is 625. The second-order valence-electron chi connectivity index (χ2n) is 4.24. The lowest BCUT2D eigenvalue weighted by atomic mass is 10.2. The summed E-state index contributed by atoms with van der Waals surface area (Å²) in [5, 5.41) is 16.5. The maximum Gasteiger partial charge on any atom is 0.216 e.